The van der Waals surface area contributed by atoms with Crippen LogP contribution >= 0.6 is 22.9 Å². The second kappa shape index (κ2) is 7.19. The van der Waals surface area contributed by atoms with Gasteiger partial charge in [-0.1, -0.05) is 17.7 Å². The van der Waals surface area contributed by atoms with Gasteiger partial charge in [0.25, 0.3) is 0 Å². The van der Waals surface area contributed by atoms with Crippen LogP contribution in [-0.2, 0) is 6.54 Å². The van der Waals surface area contributed by atoms with Crippen molar-refractivity contribution in [3.05, 3.63) is 58.2 Å². The van der Waals surface area contributed by atoms with Crippen molar-refractivity contribution in [2.24, 2.45) is 0 Å². The fourth-order valence-corrected chi connectivity index (χ4v) is 4.34. The van der Waals surface area contributed by atoms with E-state index < -0.39 is 5.97 Å². The van der Waals surface area contributed by atoms with Crippen LogP contribution in [0.15, 0.2) is 42.6 Å². The lowest BCUT2D eigenvalue weighted by molar-refractivity contribution is 0.0686. The Labute approximate surface area is 163 Å². The summed E-state index contributed by atoms with van der Waals surface area (Å²) in [6.07, 6.45) is 1.60. The van der Waals surface area contributed by atoms with Crippen LogP contribution in [0.3, 0.4) is 0 Å². The number of aliphatic hydroxyl groups is 1. The van der Waals surface area contributed by atoms with Crippen LogP contribution in [0, 0.1) is 0 Å². The zero-order chi connectivity index (χ0) is 19.0. The molecule has 0 aliphatic rings. The van der Waals surface area contributed by atoms with E-state index in [1.165, 1.54) is 0 Å². The number of hydrogen-bond acceptors (Lipinski definition) is 5. The first kappa shape index (κ1) is 17.8. The SMILES string of the molecule is O=C(O)c1cc2cc(OCCO)ncc2n1Cc1cc2ccc(Cl)cc2s1. The van der Waals surface area contributed by atoms with Gasteiger partial charge in [0.2, 0.25) is 5.88 Å². The lowest BCUT2D eigenvalue weighted by atomic mass is 10.2. The van der Waals surface area contributed by atoms with Gasteiger partial charge in [-0.15, -0.1) is 11.3 Å². The Bertz CT molecular complexity index is 1150. The number of thiophene rings is 1. The van der Waals surface area contributed by atoms with Crippen LogP contribution in [-0.4, -0.2) is 38.9 Å². The molecular weight excluding hydrogens is 388 g/mol. The number of fused-ring (bicyclic) bond motifs is 2. The van der Waals surface area contributed by atoms with E-state index in [0.717, 1.165) is 20.3 Å². The first-order chi connectivity index (χ1) is 13.0. The van der Waals surface area contributed by atoms with Crippen LogP contribution < -0.4 is 4.74 Å². The number of aliphatic hydroxyl groups excluding tert-OH is 1. The molecule has 0 unspecified atom stereocenters. The lowest BCUT2D eigenvalue weighted by Gasteiger charge is -2.07. The molecule has 0 bridgehead atoms. The quantitative estimate of drug-likeness (QED) is 0.508. The largest absolute Gasteiger partial charge is 0.477 e. The summed E-state index contributed by atoms with van der Waals surface area (Å²) in [6.45, 7) is 0.438. The van der Waals surface area contributed by atoms with Crippen molar-refractivity contribution in [1.29, 1.82) is 0 Å². The second-order valence-electron chi connectivity index (χ2n) is 5.97. The number of ether oxygens (including phenoxy) is 1. The molecule has 0 radical (unpaired) electrons. The number of carboxylic acids is 1. The molecule has 8 heteroatoms. The summed E-state index contributed by atoms with van der Waals surface area (Å²) in [4.78, 5) is 17.0. The summed E-state index contributed by atoms with van der Waals surface area (Å²) in [5.41, 5.74) is 0.890. The number of halogens is 1. The number of aromatic carboxylic acids is 1. The minimum atomic E-state index is -1.01. The fourth-order valence-electron chi connectivity index (χ4n) is 3.01. The van der Waals surface area contributed by atoms with Crippen molar-refractivity contribution >= 4 is 49.9 Å². The Hall–Kier alpha value is -2.61. The number of carboxylic acid groups (broad SMARTS) is 1. The Morgan fingerprint density at radius 2 is 2.07 bits per heavy atom. The highest BCUT2D eigenvalue weighted by Crippen LogP contribution is 2.31. The van der Waals surface area contributed by atoms with Crippen molar-refractivity contribution in [2.45, 2.75) is 6.54 Å². The number of hydrogen-bond donors (Lipinski definition) is 2. The fraction of sp³-hybridized carbons (Fsp3) is 0.158. The molecule has 0 atom stereocenters. The molecule has 0 aliphatic carbocycles. The summed E-state index contributed by atoms with van der Waals surface area (Å²) >= 11 is 7.64. The Kier molecular flexibility index (Phi) is 4.73. The highest BCUT2D eigenvalue weighted by Gasteiger charge is 2.17. The van der Waals surface area contributed by atoms with Gasteiger partial charge in [-0.05, 0) is 29.7 Å². The first-order valence-corrected chi connectivity index (χ1v) is 9.39. The minimum absolute atomic E-state index is 0.114. The molecule has 3 heterocycles. The standard InChI is InChI=1S/C19H15ClN2O4S/c20-13-2-1-11-5-14(27-17(11)8-13)10-22-15(19(24)25)6-12-7-18(26-4-3-23)21-9-16(12)22/h1-2,5-9,23H,3-4,10H2,(H,24,25). The van der Waals surface area contributed by atoms with Gasteiger partial charge in [0.15, 0.2) is 0 Å². The zero-order valence-electron chi connectivity index (χ0n) is 14.1. The minimum Gasteiger partial charge on any atom is -0.477 e. The smallest absolute Gasteiger partial charge is 0.352 e. The highest BCUT2D eigenvalue weighted by atomic mass is 35.5. The van der Waals surface area contributed by atoms with Gasteiger partial charge in [-0.25, -0.2) is 9.78 Å². The van der Waals surface area contributed by atoms with Crippen molar-refractivity contribution in [3.8, 4) is 5.88 Å². The van der Waals surface area contributed by atoms with Crippen LogP contribution in [0.4, 0.5) is 0 Å². The van der Waals surface area contributed by atoms with Crippen molar-refractivity contribution in [3.63, 3.8) is 0 Å². The number of carbonyl (C=O) groups is 1. The molecule has 3 aromatic heterocycles. The van der Waals surface area contributed by atoms with Gasteiger partial charge in [-0.3, -0.25) is 0 Å². The van der Waals surface area contributed by atoms with Crippen LogP contribution in [0.25, 0.3) is 21.0 Å². The van der Waals surface area contributed by atoms with E-state index in [4.69, 9.17) is 21.4 Å². The average molecular weight is 403 g/mol. The Morgan fingerprint density at radius 3 is 2.85 bits per heavy atom. The van der Waals surface area contributed by atoms with E-state index in [2.05, 4.69) is 4.98 Å². The Morgan fingerprint density at radius 1 is 1.22 bits per heavy atom. The normalized spacial score (nSPS) is 11.3. The van der Waals surface area contributed by atoms with Gasteiger partial charge in [0.1, 0.15) is 12.3 Å². The maximum absolute atomic E-state index is 11.7. The molecule has 1 aromatic carbocycles. The predicted molar refractivity (Wildman–Crippen MR) is 105 cm³/mol. The number of pyridine rings is 1. The van der Waals surface area contributed by atoms with Crippen molar-refractivity contribution in [1.82, 2.24) is 9.55 Å². The van der Waals surface area contributed by atoms with Crippen LogP contribution in [0.1, 0.15) is 15.4 Å². The van der Waals surface area contributed by atoms with E-state index in [1.807, 2.05) is 24.3 Å². The highest BCUT2D eigenvalue weighted by molar-refractivity contribution is 7.19. The third kappa shape index (κ3) is 3.49. The number of benzene rings is 1. The van der Waals surface area contributed by atoms with Crippen molar-refractivity contribution < 1.29 is 19.7 Å². The molecule has 0 saturated carbocycles. The third-order valence-corrected chi connectivity index (χ3v) is 5.49. The molecule has 2 N–H and O–H groups in total. The maximum atomic E-state index is 11.7. The monoisotopic (exact) mass is 402 g/mol. The number of rotatable bonds is 6. The number of nitrogens with zero attached hydrogens (tertiary/aromatic N) is 2. The van der Waals surface area contributed by atoms with Gasteiger partial charge in [0.05, 0.1) is 24.9 Å². The second-order valence-corrected chi connectivity index (χ2v) is 7.57. The first-order valence-electron chi connectivity index (χ1n) is 8.19. The molecule has 0 saturated heterocycles. The predicted octanol–water partition coefficient (Wildman–Crippen LogP) is 4.02. The van der Waals surface area contributed by atoms with E-state index in [-0.39, 0.29) is 18.9 Å². The van der Waals surface area contributed by atoms with Gasteiger partial charge in [0, 0.05) is 26.1 Å². The molecule has 0 spiro atoms. The van der Waals surface area contributed by atoms with Gasteiger partial charge >= 0.3 is 5.97 Å². The van der Waals surface area contributed by atoms with E-state index in [9.17, 15) is 9.90 Å². The van der Waals surface area contributed by atoms with Crippen LogP contribution in [0.2, 0.25) is 5.02 Å². The van der Waals surface area contributed by atoms with Crippen LogP contribution in [0.5, 0.6) is 5.88 Å². The Balaban J connectivity index is 1.76. The summed E-state index contributed by atoms with van der Waals surface area (Å²) in [7, 11) is 0. The molecule has 0 aliphatic heterocycles. The van der Waals surface area contributed by atoms with Gasteiger partial charge < -0.3 is 19.5 Å². The molecule has 4 aromatic rings. The molecule has 138 valence electrons. The summed E-state index contributed by atoms with van der Waals surface area (Å²) in [6, 6.07) is 11.0. The third-order valence-electron chi connectivity index (χ3n) is 4.17. The molecule has 27 heavy (non-hydrogen) atoms. The summed E-state index contributed by atoms with van der Waals surface area (Å²) < 4.78 is 8.10. The molecule has 0 fully saturated rings. The molecule has 0 amide bonds. The van der Waals surface area contributed by atoms with E-state index in [0.29, 0.717) is 23.0 Å². The van der Waals surface area contributed by atoms with E-state index >= 15 is 0 Å². The topological polar surface area (TPSA) is 84.6 Å². The van der Waals surface area contributed by atoms with Crippen molar-refractivity contribution in [2.75, 3.05) is 13.2 Å². The molecule has 6 nitrogen and oxygen atoms in total. The zero-order valence-corrected chi connectivity index (χ0v) is 15.6. The van der Waals surface area contributed by atoms with E-state index in [1.54, 1.807) is 34.2 Å². The molecule has 4 rings (SSSR count). The summed E-state index contributed by atoms with van der Waals surface area (Å²) in [5.74, 6) is -0.657. The average Bonchev–Trinajstić information content (AvgIpc) is 3.20. The molecular formula is C19H15ClN2O4S. The summed E-state index contributed by atoms with van der Waals surface area (Å²) in [5, 5.41) is 20.9. The number of aromatic nitrogens is 2. The van der Waals surface area contributed by atoms with Gasteiger partial charge in [-0.2, -0.15) is 0 Å². The lowest BCUT2D eigenvalue weighted by Crippen LogP contribution is -2.08. The maximum Gasteiger partial charge on any atom is 0.352 e.